The summed E-state index contributed by atoms with van der Waals surface area (Å²) in [6, 6.07) is 16.0. The normalized spacial score (nSPS) is 13.1. The van der Waals surface area contributed by atoms with Crippen molar-refractivity contribution < 1.29 is 24.6 Å². The molecule has 0 fully saturated rings. The monoisotopic (exact) mass is 544 g/mol. The molecule has 0 saturated heterocycles. The van der Waals surface area contributed by atoms with Gasteiger partial charge in [0.15, 0.2) is 17.3 Å². The summed E-state index contributed by atoms with van der Waals surface area (Å²) in [6.07, 6.45) is 1.51. The van der Waals surface area contributed by atoms with E-state index in [9.17, 15) is 24.6 Å². The van der Waals surface area contributed by atoms with Gasteiger partial charge in [0.2, 0.25) is 0 Å². The molecule has 0 spiro atoms. The van der Waals surface area contributed by atoms with E-state index in [4.69, 9.17) is 0 Å². The van der Waals surface area contributed by atoms with Crippen LogP contribution in [0.1, 0.15) is 131 Å². The molecule has 3 aromatic carbocycles. The molecule has 0 aromatic heterocycles. The smallest absolute Gasteiger partial charge is 0.194 e. The van der Waals surface area contributed by atoms with Crippen LogP contribution in [0.4, 0.5) is 0 Å². The minimum Gasteiger partial charge on any atom is -0.396 e. The average Bonchev–Trinajstić information content (AvgIpc) is 2.96. The molecule has 214 valence electrons. The number of rotatable bonds is 9. The van der Waals surface area contributed by atoms with E-state index in [1.54, 1.807) is 37.3 Å². The minimum absolute atomic E-state index is 0.121. The topological polar surface area (TPSA) is 91.7 Å². The highest BCUT2D eigenvalue weighted by Gasteiger charge is 2.34. The number of hydrogen-bond acceptors (Lipinski definition) is 5. The summed E-state index contributed by atoms with van der Waals surface area (Å²) >= 11 is 0. The molecule has 2 atom stereocenters. The Morgan fingerprint density at radius 2 is 1.40 bits per heavy atom. The van der Waals surface area contributed by atoms with Crippen LogP contribution in [0.2, 0.25) is 0 Å². The first-order valence-corrected chi connectivity index (χ1v) is 14.5. The largest absolute Gasteiger partial charge is 0.396 e. The van der Waals surface area contributed by atoms with Crippen molar-refractivity contribution in [3.8, 4) is 0 Å². The van der Waals surface area contributed by atoms with Gasteiger partial charge >= 0.3 is 0 Å². The first-order chi connectivity index (χ1) is 19.2. The summed E-state index contributed by atoms with van der Waals surface area (Å²) in [5.74, 6) is -0.353. The van der Waals surface area contributed by atoms with Gasteiger partial charge in [-0.25, -0.2) is 0 Å². The van der Waals surface area contributed by atoms with Gasteiger partial charge in [-0.05, 0) is 73.8 Å². The predicted octanol–water partition coefficient (Wildman–Crippen LogP) is 7.45. The van der Waals surface area contributed by atoms with E-state index in [1.165, 1.54) is 6.92 Å². The number of aliphatic hydroxyl groups is 2. The van der Waals surface area contributed by atoms with Gasteiger partial charge in [0.25, 0.3) is 0 Å². The first-order valence-electron chi connectivity index (χ1n) is 14.5. The number of carbonyl (C=O) groups excluding carboxylic acids is 3. The number of aryl methyl sites for hydroxylation is 1. The third-order valence-corrected chi connectivity index (χ3v) is 7.20. The third-order valence-electron chi connectivity index (χ3n) is 7.20. The van der Waals surface area contributed by atoms with Crippen LogP contribution in [0, 0.1) is 12.8 Å². The fraction of sp³-hybridized carbons (Fsp3) is 0.400. The lowest BCUT2D eigenvalue weighted by Crippen LogP contribution is -2.25. The summed E-state index contributed by atoms with van der Waals surface area (Å²) in [4.78, 5) is 39.8. The van der Waals surface area contributed by atoms with E-state index in [1.807, 2.05) is 58.9 Å². The molecule has 0 aliphatic heterocycles. The van der Waals surface area contributed by atoms with Crippen molar-refractivity contribution in [2.45, 2.75) is 80.3 Å². The Labute approximate surface area is 239 Å². The zero-order valence-corrected chi connectivity index (χ0v) is 25.0. The Balaban J connectivity index is 0.00000134. The Bertz CT molecular complexity index is 1340. The van der Waals surface area contributed by atoms with Gasteiger partial charge in [-0.2, -0.15) is 0 Å². The number of aliphatic hydroxyl groups excluding tert-OH is 2. The molecule has 40 heavy (non-hydrogen) atoms. The molecule has 2 N–H and O–H groups in total. The second-order valence-electron chi connectivity index (χ2n) is 9.82. The fourth-order valence-electron chi connectivity index (χ4n) is 5.32. The summed E-state index contributed by atoms with van der Waals surface area (Å²) in [6.45, 7) is 13.4. The molecular formula is C35H44O5. The van der Waals surface area contributed by atoms with Crippen molar-refractivity contribution in [2.75, 3.05) is 6.61 Å². The molecule has 1 aliphatic rings. The quantitative estimate of drug-likeness (QED) is 0.214. The van der Waals surface area contributed by atoms with Crippen molar-refractivity contribution >= 4 is 17.3 Å². The van der Waals surface area contributed by atoms with Crippen LogP contribution in [0.15, 0.2) is 54.6 Å². The van der Waals surface area contributed by atoms with E-state index in [2.05, 4.69) is 0 Å². The molecule has 0 saturated carbocycles. The van der Waals surface area contributed by atoms with Crippen LogP contribution in [0.25, 0.3) is 0 Å². The van der Waals surface area contributed by atoms with Gasteiger partial charge in [0.05, 0.1) is 6.10 Å². The third kappa shape index (κ3) is 7.01. The van der Waals surface area contributed by atoms with Gasteiger partial charge in [-0.1, -0.05) is 83.1 Å². The lowest BCUT2D eigenvalue weighted by atomic mass is 9.77. The lowest BCUT2D eigenvalue weighted by molar-refractivity contribution is 0.0976. The Morgan fingerprint density at radius 1 is 0.825 bits per heavy atom. The summed E-state index contributed by atoms with van der Waals surface area (Å²) in [7, 11) is 0. The molecule has 1 aliphatic carbocycles. The van der Waals surface area contributed by atoms with Crippen LogP contribution < -0.4 is 0 Å². The van der Waals surface area contributed by atoms with Crippen LogP contribution in [-0.2, 0) is 6.42 Å². The molecule has 0 bridgehead atoms. The van der Waals surface area contributed by atoms with Crippen LogP contribution >= 0.6 is 0 Å². The SMILES string of the molecule is CC.CC.CC(=O)c1c(C)cc2c(c1Cc1ccccc1C(O)CCC(C)CCO)C(=O)c1ccccc1C2=O. The van der Waals surface area contributed by atoms with E-state index in [0.717, 1.165) is 17.5 Å². The zero-order valence-electron chi connectivity index (χ0n) is 25.0. The molecule has 5 heteroatoms. The van der Waals surface area contributed by atoms with Gasteiger partial charge in [-0.3, -0.25) is 14.4 Å². The standard InChI is InChI=1S/C31H32O5.2C2H6/c1-18(14-15-32)12-13-27(34)22-9-5-4-8-21(22)17-25-28(20(3)33)19(2)16-26-29(25)31(36)24-11-7-6-10-23(24)30(26)35;2*1-2/h4-11,16,18,27,32,34H,12-15,17H2,1-3H3;2*1-2H3. The molecule has 3 aromatic rings. The van der Waals surface area contributed by atoms with Crippen molar-refractivity contribution in [3.05, 3.63) is 105 Å². The maximum atomic E-state index is 13.7. The number of benzene rings is 3. The van der Waals surface area contributed by atoms with E-state index >= 15 is 0 Å². The predicted molar refractivity (Wildman–Crippen MR) is 161 cm³/mol. The molecule has 0 radical (unpaired) electrons. The van der Waals surface area contributed by atoms with Crippen molar-refractivity contribution in [1.82, 2.24) is 0 Å². The number of carbonyl (C=O) groups is 3. The summed E-state index contributed by atoms with van der Waals surface area (Å²) in [5, 5.41) is 20.2. The molecule has 4 rings (SSSR count). The Hall–Kier alpha value is -3.41. The van der Waals surface area contributed by atoms with Crippen LogP contribution in [0.5, 0.6) is 0 Å². The lowest BCUT2D eigenvalue weighted by Gasteiger charge is -2.24. The highest BCUT2D eigenvalue weighted by Crippen LogP contribution is 2.36. The van der Waals surface area contributed by atoms with Gasteiger partial charge in [0, 0.05) is 34.4 Å². The van der Waals surface area contributed by atoms with Crippen LogP contribution in [0.3, 0.4) is 0 Å². The summed E-state index contributed by atoms with van der Waals surface area (Å²) in [5.41, 5.74) is 4.55. The average molecular weight is 545 g/mol. The number of Topliss-reactive ketones (excluding diaryl/α,β-unsaturated/α-hetero) is 1. The van der Waals surface area contributed by atoms with Gasteiger partial charge < -0.3 is 10.2 Å². The molecule has 5 nitrogen and oxygen atoms in total. The molecule has 0 heterocycles. The maximum absolute atomic E-state index is 13.7. The summed E-state index contributed by atoms with van der Waals surface area (Å²) < 4.78 is 0. The number of ketones is 3. The fourth-order valence-corrected chi connectivity index (χ4v) is 5.32. The van der Waals surface area contributed by atoms with Crippen molar-refractivity contribution in [1.29, 1.82) is 0 Å². The van der Waals surface area contributed by atoms with Crippen LogP contribution in [-0.4, -0.2) is 34.2 Å². The second-order valence-corrected chi connectivity index (χ2v) is 9.82. The molecule has 2 unspecified atom stereocenters. The number of fused-ring (bicyclic) bond motifs is 2. The van der Waals surface area contributed by atoms with E-state index in [0.29, 0.717) is 46.2 Å². The van der Waals surface area contributed by atoms with Gasteiger partial charge in [-0.15, -0.1) is 0 Å². The van der Waals surface area contributed by atoms with Gasteiger partial charge in [0.1, 0.15) is 0 Å². The molecular weight excluding hydrogens is 500 g/mol. The molecule has 0 amide bonds. The van der Waals surface area contributed by atoms with E-state index < -0.39 is 6.10 Å². The minimum atomic E-state index is -0.721. The first kappa shape index (κ1) is 32.8. The zero-order chi connectivity index (χ0) is 30.0. The maximum Gasteiger partial charge on any atom is 0.194 e. The second kappa shape index (κ2) is 15.4. The van der Waals surface area contributed by atoms with Crippen molar-refractivity contribution in [3.63, 3.8) is 0 Å². The Kier molecular flexibility index (Phi) is 12.6. The van der Waals surface area contributed by atoms with E-state index in [-0.39, 0.29) is 41.9 Å². The highest BCUT2D eigenvalue weighted by molar-refractivity contribution is 6.29. The Morgan fingerprint density at radius 3 is 2.00 bits per heavy atom. The number of hydrogen-bond donors (Lipinski definition) is 2. The van der Waals surface area contributed by atoms with Crippen molar-refractivity contribution in [2.24, 2.45) is 5.92 Å². The highest BCUT2D eigenvalue weighted by atomic mass is 16.3.